The number of aryl methyl sites for hydroxylation is 1. The van der Waals surface area contributed by atoms with Gasteiger partial charge < -0.3 is 9.67 Å². The highest BCUT2D eigenvalue weighted by molar-refractivity contribution is 7.09. The molecule has 5 rings (SSSR count). The van der Waals surface area contributed by atoms with Crippen molar-refractivity contribution in [2.45, 2.75) is 25.0 Å². The molecule has 3 atom stereocenters. The zero-order valence-electron chi connectivity index (χ0n) is 11.9. The third kappa shape index (κ3) is 1.55. The number of aliphatic hydroxyl groups excluding tert-OH is 1. The topological polar surface area (TPSA) is 50.9 Å². The van der Waals surface area contributed by atoms with Crippen molar-refractivity contribution in [3.8, 4) is 11.3 Å². The van der Waals surface area contributed by atoms with Gasteiger partial charge >= 0.3 is 0 Å². The maximum atomic E-state index is 10.9. The molecule has 1 N–H and O–H groups in total. The van der Waals surface area contributed by atoms with Crippen LogP contribution >= 0.6 is 11.3 Å². The first-order valence-electron chi connectivity index (χ1n) is 7.56. The molecule has 0 bridgehead atoms. The molecule has 1 aromatic carbocycles. The van der Waals surface area contributed by atoms with Crippen LogP contribution in [0.15, 0.2) is 42.3 Å². The third-order valence-corrected chi connectivity index (χ3v) is 5.93. The second-order valence-electron chi connectivity index (χ2n) is 6.03. The van der Waals surface area contributed by atoms with E-state index in [0.717, 1.165) is 29.1 Å². The Morgan fingerprint density at radius 3 is 3.14 bits per heavy atom. The van der Waals surface area contributed by atoms with Crippen molar-refractivity contribution in [1.29, 1.82) is 0 Å². The molecule has 1 aliphatic heterocycles. The Kier molecular flexibility index (Phi) is 2.57. The summed E-state index contributed by atoms with van der Waals surface area (Å²) in [4.78, 5) is 9.75. The van der Waals surface area contributed by atoms with Crippen molar-refractivity contribution >= 4 is 11.3 Å². The molecular weight excluding hydrogens is 294 g/mol. The molecule has 22 heavy (non-hydrogen) atoms. The number of fused-ring (bicyclic) bond motifs is 4. The van der Waals surface area contributed by atoms with Crippen LogP contribution in [0.2, 0.25) is 0 Å². The molecular formula is C17H15N3OS. The summed E-state index contributed by atoms with van der Waals surface area (Å²) in [6.07, 6.45) is 5.28. The summed E-state index contributed by atoms with van der Waals surface area (Å²) in [5.74, 6) is 0.171. The first-order chi connectivity index (χ1) is 10.8. The van der Waals surface area contributed by atoms with E-state index in [-0.39, 0.29) is 12.0 Å². The number of thiazole rings is 1. The van der Waals surface area contributed by atoms with E-state index in [9.17, 15) is 5.11 Å². The Hall–Kier alpha value is -1.98. The van der Waals surface area contributed by atoms with E-state index in [1.807, 2.05) is 18.0 Å². The van der Waals surface area contributed by atoms with Crippen LogP contribution in [0, 0.1) is 5.92 Å². The summed E-state index contributed by atoms with van der Waals surface area (Å²) >= 11 is 1.57. The molecule has 0 saturated heterocycles. The van der Waals surface area contributed by atoms with E-state index in [2.05, 4.69) is 38.8 Å². The molecule has 2 aromatic heterocycles. The van der Waals surface area contributed by atoms with Crippen molar-refractivity contribution in [2.24, 2.45) is 5.92 Å². The number of benzene rings is 1. The van der Waals surface area contributed by atoms with Gasteiger partial charge in [-0.2, -0.15) is 0 Å². The molecule has 3 heterocycles. The molecule has 0 saturated carbocycles. The fourth-order valence-corrected chi connectivity index (χ4v) is 4.90. The van der Waals surface area contributed by atoms with E-state index < -0.39 is 6.10 Å². The zero-order valence-corrected chi connectivity index (χ0v) is 12.7. The predicted molar refractivity (Wildman–Crippen MR) is 84.7 cm³/mol. The van der Waals surface area contributed by atoms with Crippen LogP contribution in [0.5, 0.6) is 0 Å². The minimum absolute atomic E-state index is 0.166. The number of nitrogens with zero attached hydrogens (tertiary/aromatic N) is 3. The minimum atomic E-state index is -0.442. The summed E-state index contributed by atoms with van der Waals surface area (Å²) < 4.78 is 2.23. The molecule has 0 fully saturated rings. The number of hydrogen-bond donors (Lipinski definition) is 1. The van der Waals surface area contributed by atoms with Crippen molar-refractivity contribution in [3.05, 3.63) is 58.4 Å². The number of imidazole rings is 1. The molecule has 0 radical (unpaired) electrons. The average molecular weight is 309 g/mol. The lowest BCUT2D eigenvalue weighted by Crippen LogP contribution is -2.27. The van der Waals surface area contributed by atoms with Gasteiger partial charge in [0.05, 0.1) is 46.4 Å². The molecule has 0 amide bonds. The number of rotatable bonds is 1. The van der Waals surface area contributed by atoms with Crippen molar-refractivity contribution in [3.63, 3.8) is 0 Å². The summed E-state index contributed by atoms with van der Waals surface area (Å²) in [6.45, 7) is 0. The minimum Gasteiger partial charge on any atom is -0.387 e. The largest absolute Gasteiger partial charge is 0.387 e. The highest BCUT2D eigenvalue weighted by Crippen LogP contribution is 2.50. The van der Waals surface area contributed by atoms with E-state index in [0.29, 0.717) is 0 Å². The van der Waals surface area contributed by atoms with Gasteiger partial charge in [0.15, 0.2) is 0 Å². The maximum absolute atomic E-state index is 10.9. The Morgan fingerprint density at radius 1 is 1.27 bits per heavy atom. The summed E-state index contributed by atoms with van der Waals surface area (Å²) in [7, 11) is 0. The fraction of sp³-hybridized carbons (Fsp3) is 0.294. The lowest BCUT2D eigenvalue weighted by atomic mass is 9.80. The fourth-order valence-electron chi connectivity index (χ4n) is 4.00. The lowest BCUT2D eigenvalue weighted by Gasteiger charge is -2.33. The summed E-state index contributed by atoms with van der Waals surface area (Å²) in [5.41, 5.74) is 6.62. The normalized spacial score (nSPS) is 25.6. The van der Waals surface area contributed by atoms with Gasteiger partial charge in [-0.15, -0.1) is 11.3 Å². The standard InChI is InChI=1S/C17H15N3OS/c21-16-12(5-6-13-17(16)22-9-19-13)15-11-4-2-1-3-10(11)14-7-18-8-20(14)15/h1-4,7-9,12,15-16,21H,5-6H2/t12-,15?,16-/m1/s1. The summed E-state index contributed by atoms with van der Waals surface area (Å²) in [6, 6.07) is 8.65. The SMILES string of the molecule is O[C@H]1c2scnc2CC[C@@H]1C1c2ccccc2-c2cncn21. The molecule has 110 valence electrons. The van der Waals surface area contributed by atoms with Gasteiger partial charge in [0.1, 0.15) is 0 Å². The molecule has 4 nitrogen and oxygen atoms in total. The molecule has 2 aliphatic rings. The number of aromatic nitrogens is 3. The molecule has 5 heteroatoms. The summed E-state index contributed by atoms with van der Waals surface area (Å²) in [5, 5.41) is 10.9. The molecule has 0 spiro atoms. The van der Waals surface area contributed by atoms with Crippen LogP contribution in [0.4, 0.5) is 0 Å². The molecule has 1 unspecified atom stereocenters. The van der Waals surface area contributed by atoms with Gasteiger partial charge in [0, 0.05) is 11.5 Å². The third-order valence-electron chi connectivity index (χ3n) is 4.99. The van der Waals surface area contributed by atoms with Crippen LogP contribution in [0.1, 0.15) is 34.7 Å². The average Bonchev–Trinajstić information content (AvgIpc) is 3.23. The number of hydrogen-bond acceptors (Lipinski definition) is 4. The van der Waals surface area contributed by atoms with Crippen LogP contribution in [0.25, 0.3) is 11.3 Å². The van der Waals surface area contributed by atoms with Gasteiger partial charge in [0.25, 0.3) is 0 Å². The number of aliphatic hydroxyl groups is 1. The second-order valence-corrected chi connectivity index (χ2v) is 6.92. The van der Waals surface area contributed by atoms with Gasteiger partial charge in [-0.05, 0) is 18.4 Å². The van der Waals surface area contributed by atoms with E-state index in [1.165, 1.54) is 11.1 Å². The van der Waals surface area contributed by atoms with Crippen molar-refractivity contribution < 1.29 is 5.11 Å². The lowest BCUT2D eigenvalue weighted by molar-refractivity contribution is 0.0748. The van der Waals surface area contributed by atoms with E-state index >= 15 is 0 Å². The predicted octanol–water partition coefficient (Wildman–Crippen LogP) is 3.21. The van der Waals surface area contributed by atoms with Gasteiger partial charge in [-0.25, -0.2) is 9.97 Å². The molecule has 1 aliphatic carbocycles. The van der Waals surface area contributed by atoms with Gasteiger partial charge in [0.2, 0.25) is 0 Å². The van der Waals surface area contributed by atoms with E-state index in [4.69, 9.17) is 0 Å². The first-order valence-corrected chi connectivity index (χ1v) is 8.44. The Morgan fingerprint density at radius 2 is 2.18 bits per heavy atom. The highest BCUT2D eigenvalue weighted by atomic mass is 32.1. The van der Waals surface area contributed by atoms with Crippen molar-refractivity contribution in [1.82, 2.24) is 14.5 Å². The van der Waals surface area contributed by atoms with Gasteiger partial charge in [-0.3, -0.25) is 0 Å². The second kappa shape index (κ2) is 4.51. The van der Waals surface area contributed by atoms with E-state index in [1.54, 1.807) is 11.3 Å². The van der Waals surface area contributed by atoms with Crippen molar-refractivity contribution in [2.75, 3.05) is 0 Å². The maximum Gasteiger partial charge on any atom is 0.0956 e. The Bertz CT molecular complexity index is 853. The van der Waals surface area contributed by atoms with Crippen LogP contribution in [0.3, 0.4) is 0 Å². The highest BCUT2D eigenvalue weighted by Gasteiger charge is 2.41. The zero-order chi connectivity index (χ0) is 14.7. The molecule has 3 aromatic rings. The Labute approximate surface area is 132 Å². The van der Waals surface area contributed by atoms with Crippen LogP contribution in [-0.4, -0.2) is 19.6 Å². The smallest absolute Gasteiger partial charge is 0.0956 e. The van der Waals surface area contributed by atoms with Crippen LogP contribution in [-0.2, 0) is 6.42 Å². The first kappa shape index (κ1) is 12.6. The monoisotopic (exact) mass is 309 g/mol. The Balaban J connectivity index is 1.65. The van der Waals surface area contributed by atoms with Gasteiger partial charge in [-0.1, -0.05) is 24.3 Å². The van der Waals surface area contributed by atoms with Crippen LogP contribution < -0.4 is 0 Å². The quantitative estimate of drug-likeness (QED) is 0.751.